The molecule has 372 valence electrons. The molecule has 0 saturated carbocycles. The number of hydrazone groups is 1. The van der Waals surface area contributed by atoms with Gasteiger partial charge in [0.05, 0.1) is 62.6 Å². The number of phenols is 2. The number of pyridine rings is 2. The number of benzene rings is 4. The highest BCUT2D eigenvalue weighted by Gasteiger charge is 2.19. The number of hydrazine groups is 1. The van der Waals surface area contributed by atoms with Gasteiger partial charge in [0.25, 0.3) is 0 Å². The van der Waals surface area contributed by atoms with Crippen LogP contribution < -0.4 is 31.8 Å². The van der Waals surface area contributed by atoms with E-state index in [1.54, 1.807) is 47.6 Å². The molecule has 2 fully saturated rings. The van der Waals surface area contributed by atoms with Crippen LogP contribution >= 0.6 is 0 Å². The van der Waals surface area contributed by atoms with E-state index in [0.29, 0.717) is 64.0 Å². The van der Waals surface area contributed by atoms with E-state index >= 15 is 0 Å². The van der Waals surface area contributed by atoms with Crippen LogP contribution in [0.3, 0.4) is 0 Å². The minimum Gasteiger partial charge on any atom is -0.508 e. The molecule has 0 unspecified atom stereocenters. The zero-order valence-electron chi connectivity index (χ0n) is 39.4. The zero-order chi connectivity index (χ0) is 50.8. The zero-order valence-corrected chi connectivity index (χ0v) is 39.4. The molecule has 6 heterocycles. The van der Waals surface area contributed by atoms with Gasteiger partial charge in [0.2, 0.25) is 11.9 Å². The fourth-order valence-electron chi connectivity index (χ4n) is 7.57. The van der Waals surface area contributed by atoms with Crippen LogP contribution in [0.5, 0.6) is 11.5 Å². The number of nitrogens with one attached hydrogen (secondary N) is 3. The number of phenolic OH excluding ortho intramolecular Hbond substituents is 2. The molecule has 0 spiro atoms. The second kappa shape index (κ2) is 25.2. The number of carbonyl (C=O) groups excluding carboxylic acids is 1. The average molecular weight is 988 g/mol. The van der Waals surface area contributed by atoms with Gasteiger partial charge in [-0.25, -0.2) is 30.0 Å². The molecular weight excluding hydrogens is 937 g/mol. The number of nitrogen functional groups attached to an aromatic ring is 1. The summed E-state index contributed by atoms with van der Waals surface area (Å²) in [6, 6.07) is 37.8. The van der Waals surface area contributed by atoms with Gasteiger partial charge in [-0.1, -0.05) is 66.7 Å². The monoisotopic (exact) mass is 987 g/mol. The van der Waals surface area contributed by atoms with Crippen LogP contribution in [-0.4, -0.2) is 105 Å². The minimum atomic E-state index is -0.483. The minimum absolute atomic E-state index is 0.194. The Hall–Kier alpha value is -8.98. The lowest BCUT2D eigenvalue weighted by atomic mass is 9.99. The van der Waals surface area contributed by atoms with Crippen molar-refractivity contribution >= 4 is 47.4 Å². The fraction of sp³-hybridized carbons (Fsp3) is 0.170. The van der Waals surface area contributed by atoms with Gasteiger partial charge in [0.1, 0.15) is 17.2 Å². The van der Waals surface area contributed by atoms with Gasteiger partial charge in [-0.2, -0.15) is 15.1 Å². The summed E-state index contributed by atoms with van der Waals surface area (Å²) >= 11 is 0. The van der Waals surface area contributed by atoms with Crippen molar-refractivity contribution in [2.45, 2.75) is 6.42 Å². The number of nitrogens with zero attached hydrogens (tertiary/aromatic N) is 9. The highest BCUT2D eigenvalue weighted by atomic mass is 19.1. The van der Waals surface area contributed by atoms with E-state index in [9.17, 15) is 23.8 Å². The Kier molecular flexibility index (Phi) is 17.4. The van der Waals surface area contributed by atoms with Gasteiger partial charge in [0, 0.05) is 38.1 Å². The summed E-state index contributed by atoms with van der Waals surface area (Å²) in [5.41, 5.74) is 13.9. The molecule has 0 bridgehead atoms. The third-order valence-corrected chi connectivity index (χ3v) is 11.2. The molecule has 2 saturated heterocycles. The number of anilines is 6. The van der Waals surface area contributed by atoms with Crippen LogP contribution in [0.15, 0.2) is 151 Å². The van der Waals surface area contributed by atoms with E-state index in [1.165, 1.54) is 6.21 Å². The number of morpholine rings is 2. The van der Waals surface area contributed by atoms with E-state index in [2.05, 4.69) is 63.3 Å². The first kappa shape index (κ1) is 50.4. The van der Waals surface area contributed by atoms with Crippen molar-refractivity contribution in [3.63, 3.8) is 0 Å². The third-order valence-electron chi connectivity index (χ3n) is 11.2. The van der Waals surface area contributed by atoms with E-state index < -0.39 is 11.6 Å². The molecule has 4 aromatic heterocycles. The number of rotatable bonds is 13. The summed E-state index contributed by atoms with van der Waals surface area (Å²) in [7, 11) is 0. The Morgan fingerprint density at radius 3 is 1.70 bits per heavy atom. The number of aromatic hydroxyl groups is 2. The number of carbonyl (C=O) groups is 1. The quantitative estimate of drug-likeness (QED) is 0.0278. The van der Waals surface area contributed by atoms with Gasteiger partial charge in [-0.05, 0) is 94.4 Å². The number of aromatic nitrogens is 6. The average Bonchev–Trinajstić information content (AvgIpc) is 3.43. The highest BCUT2D eigenvalue weighted by molar-refractivity contribution is 5.78. The van der Waals surface area contributed by atoms with Gasteiger partial charge >= 0.3 is 0 Å². The predicted octanol–water partition coefficient (Wildman–Crippen LogP) is 8.00. The van der Waals surface area contributed by atoms with Crippen molar-refractivity contribution in [1.82, 2.24) is 29.9 Å². The van der Waals surface area contributed by atoms with Crippen LogP contribution in [0, 0.1) is 11.6 Å². The summed E-state index contributed by atoms with van der Waals surface area (Å²) in [6.07, 6.45) is 8.69. The second-order valence-electron chi connectivity index (χ2n) is 16.3. The van der Waals surface area contributed by atoms with E-state index in [1.807, 2.05) is 83.8 Å². The predicted molar refractivity (Wildman–Crippen MR) is 276 cm³/mol. The van der Waals surface area contributed by atoms with Crippen LogP contribution in [0.4, 0.5) is 43.7 Å². The maximum Gasteiger partial charge on any atom is 0.245 e. The molecule has 0 radical (unpaired) electrons. The first-order valence-electron chi connectivity index (χ1n) is 23.1. The van der Waals surface area contributed by atoms with Gasteiger partial charge < -0.3 is 34.8 Å². The largest absolute Gasteiger partial charge is 0.508 e. The van der Waals surface area contributed by atoms with Crippen molar-refractivity contribution in [2.24, 2.45) is 10.9 Å². The lowest BCUT2D eigenvalue weighted by molar-refractivity contribution is 0.111. The van der Waals surface area contributed by atoms with E-state index in [0.717, 1.165) is 69.9 Å². The number of nitrogens with two attached hydrogens (primary N) is 1. The number of halogens is 2. The van der Waals surface area contributed by atoms with Crippen molar-refractivity contribution in [1.29, 1.82) is 0 Å². The molecule has 7 N–H and O–H groups in total. The summed E-state index contributed by atoms with van der Waals surface area (Å²) in [4.78, 5) is 38.5. The van der Waals surface area contributed by atoms with Crippen molar-refractivity contribution < 1.29 is 33.3 Å². The molecule has 0 atom stereocenters. The molecule has 20 heteroatoms. The summed E-state index contributed by atoms with van der Waals surface area (Å²) in [5, 5.41) is 26.8. The fourth-order valence-corrected chi connectivity index (χ4v) is 7.57. The molecule has 2 aliphatic heterocycles. The maximum atomic E-state index is 14.2. The van der Waals surface area contributed by atoms with Crippen LogP contribution in [-0.2, 0) is 15.9 Å². The second-order valence-corrected chi connectivity index (χ2v) is 16.3. The van der Waals surface area contributed by atoms with Crippen LogP contribution in [0.25, 0.3) is 22.3 Å². The highest BCUT2D eigenvalue weighted by Crippen LogP contribution is 2.28. The van der Waals surface area contributed by atoms with Gasteiger partial charge in [-0.15, -0.1) is 0 Å². The smallest absolute Gasteiger partial charge is 0.245 e. The Morgan fingerprint density at radius 1 is 0.589 bits per heavy atom. The van der Waals surface area contributed by atoms with Gasteiger partial charge in [0.15, 0.2) is 29.6 Å². The van der Waals surface area contributed by atoms with Crippen molar-refractivity contribution in [3.8, 4) is 33.8 Å². The van der Waals surface area contributed by atoms with Gasteiger partial charge in [-0.3, -0.25) is 20.2 Å². The molecule has 4 aromatic carbocycles. The molecule has 0 aliphatic carbocycles. The standard InChI is InChI=1S/C26H24FN7O2.C19H15NO2.C8H12FN5O/c27-24-17-29-26(32-25(24)34-9-11-36-12-10-34)33-30-16-21-7-8-22(15-28-21)31-20-5-1-3-18(13-20)19-4-2-6-23(35)14-19;21-13-18-8-7-15(12-20-18)9-14-3-1-4-16(10-14)17-5-2-6-19(22)11-17;9-6-5-11-8(13-10)12-7(6)14-1-3-15-4-2-14/h1-8,13-17,31,35H,9-12H2,(H,29,32,33);1-8,10-13,22H,9H2;5H,1-4,10H2,(H,11,12,13)/b30-16+;;. The normalized spacial score (nSPS) is 13.2. The van der Waals surface area contributed by atoms with Crippen molar-refractivity contribution in [2.75, 3.05) is 78.6 Å². The molecule has 2 aliphatic rings. The maximum absolute atomic E-state index is 14.2. The summed E-state index contributed by atoms with van der Waals surface area (Å²) in [5.74, 6) is 5.61. The molecule has 73 heavy (non-hydrogen) atoms. The molecule has 0 amide bonds. The Bertz CT molecular complexity index is 3100. The lowest BCUT2D eigenvalue weighted by Gasteiger charge is -2.27. The molecular formula is C53H51F2N13O5. The Morgan fingerprint density at radius 2 is 1.14 bits per heavy atom. The Labute approximate surface area is 419 Å². The molecule has 18 nitrogen and oxygen atoms in total. The van der Waals surface area contributed by atoms with E-state index in [-0.39, 0.29) is 35.0 Å². The summed E-state index contributed by atoms with van der Waals surface area (Å²) in [6.45, 7) is 4.61. The lowest BCUT2D eigenvalue weighted by Crippen LogP contribution is -2.37. The third kappa shape index (κ3) is 14.5. The number of hydrogen-bond acceptors (Lipinski definition) is 18. The Balaban J connectivity index is 0.000000162. The number of aldehydes is 1. The first-order valence-corrected chi connectivity index (χ1v) is 23.1. The van der Waals surface area contributed by atoms with Crippen LogP contribution in [0.1, 0.15) is 27.3 Å². The number of ether oxygens (including phenoxy) is 2. The van der Waals surface area contributed by atoms with Crippen LogP contribution in [0.2, 0.25) is 0 Å². The number of hydrogen-bond donors (Lipinski definition) is 6. The first-order chi connectivity index (χ1) is 35.7. The summed E-state index contributed by atoms with van der Waals surface area (Å²) < 4.78 is 38.1. The topological polar surface area (TPSA) is 234 Å². The van der Waals surface area contributed by atoms with Crippen molar-refractivity contribution in [3.05, 3.63) is 180 Å². The SMILES string of the molecule is NNc1ncc(F)c(N2CCOCC2)n1.O=Cc1ccc(Cc2cccc(-c3cccc(O)c3)c2)cn1.Oc1cccc(-c2cccc(Nc3ccc(/C=N/Nc4ncc(F)c(N5CCOCC5)n4)nc3)c2)c1. The molecule has 10 rings (SSSR count). The molecule has 8 aromatic rings. The van der Waals surface area contributed by atoms with E-state index in [4.69, 9.17) is 15.3 Å².